The van der Waals surface area contributed by atoms with Crippen molar-refractivity contribution in [3.8, 4) is 5.75 Å². The molecule has 2 N–H and O–H groups in total. The number of fused-ring (bicyclic) bond motifs is 1. The highest BCUT2D eigenvalue weighted by atomic mass is 16.5. The lowest BCUT2D eigenvalue weighted by Gasteiger charge is -2.26. The fraction of sp³-hybridized carbons (Fsp3) is 0.188. The lowest BCUT2D eigenvalue weighted by atomic mass is 10.0. The SMILES string of the molecule is COc1ccc(CC2Nc3ccccc3NC2=O)cc1. The van der Waals surface area contributed by atoms with Gasteiger partial charge in [0.25, 0.3) is 0 Å². The first-order valence-corrected chi connectivity index (χ1v) is 6.55. The quantitative estimate of drug-likeness (QED) is 0.899. The zero-order valence-electron chi connectivity index (χ0n) is 11.2. The zero-order valence-corrected chi connectivity index (χ0v) is 11.2. The van der Waals surface area contributed by atoms with Crippen LogP contribution in [-0.2, 0) is 11.2 Å². The molecule has 1 amide bonds. The van der Waals surface area contributed by atoms with Gasteiger partial charge < -0.3 is 15.4 Å². The maximum Gasteiger partial charge on any atom is 0.247 e. The Balaban J connectivity index is 1.76. The minimum absolute atomic E-state index is 0.000446. The predicted molar refractivity (Wildman–Crippen MR) is 79.2 cm³/mol. The monoisotopic (exact) mass is 268 g/mol. The maximum absolute atomic E-state index is 12.1. The minimum atomic E-state index is -0.252. The Morgan fingerprint density at radius 1 is 1.05 bits per heavy atom. The van der Waals surface area contributed by atoms with E-state index in [2.05, 4.69) is 10.6 Å². The molecular weight excluding hydrogens is 252 g/mol. The number of nitrogens with one attached hydrogen (secondary N) is 2. The van der Waals surface area contributed by atoms with E-state index in [9.17, 15) is 4.79 Å². The first kappa shape index (κ1) is 12.5. The number of carbonyl (C=O) groups excluding carboxylic acids is 1. The molecule has 4 heteroatoms. The Kier molecular flexibility index (Phi) is 3.29. The zero-order chi connectivity index (χ0) is 13.9. The molecule has 0 radical (unpaired) electrons. The van der Waals surface area contributed by atoms with Crippen LogP contribution in [-0.4, -0.2) is 19.1 Å². The molecule has 20 heavy (non-hydrogen) atoms. The van der Waals surface area contributed by atoms with Crippen LogP contribution < -0.4 is 15.4 Å². The van der Waals surface area contributed by atoms with Gasteiger partial charge in [0.05, 0.1) is 18.5 Å². The van der Waals surface area contributed by atoms with Gasteiger partial charge in [0.1, 0.15) is 11.8 Å². The first-order chi connectivity index (χ1) is 9.76. The summed E-state index contributed by atoms with van der Waals surface area (Å²) in [4.78, 5) is 12.1. The highest BCUT2D eigenvalue weighted by molar-refractivity contribution is 6.03. The van der Waals surface area contributed by atoms with Gasteiger partial charge in [-0.3, -0.25) is 4.79 Å². The van der Waals surface area contributed by atoms with E-state index in [1.165, 1.54) is 0 Å². The van der Waals surface area contributed by atoms with E-state index in [4.69, 9.17) is 4.74 Å². The summed E-state index contributed by atoms with van der Waals surface area (Å²) in [6.07, 6.45) is 0.643. The van der Waals surface area contributed by atoms with Crippen LogP contribution in [0.5, 0.6) is 5.75 Å². The smallest absolute Gasteiger partial charge is 0.247 e. The van der Waals surface area contributed by atoms with Crippen LogP contribution in [0.3, 0.4) is 0 Å². The van der Waals surface area contributed by atoms with Crippen molar-refractivity contribution >= 4 is 17.3 Å². The number of ether oxygens (including phenoxy) is 1. The predicted octanol–water partition coefficient (Wildman–Crippen LogP) is 2.67. The van der Waals surface area contributed by atoms with Crippen molar-refractivity contribution in [1.29, 1.82) is 0 Å². The molecule has 102 valence electrons. The number of methoxy groups -OCH3 is 1. The van der Waals surface area contributed by atoms with Gasteiger partial charge in [0.15, 0.2) is 0 Å². The fourth-order valence-corrected chi connectivity index (χ4v) is 2.33. The summed E-state index contributed by atoms with van der Waals surface area (Å²) >= 11 is 0. The summed E-state index contributed by atoms with van der Waals surface area (Å²) in [5, 5.41) is 6.21. The van der Waals surface area contributed by atoms with Gasteiger partial charge in [0, 0.05) is 6.42 Å². The van der Waals surface area contributed by atoms with Crippen LogP contribution in [0.1, 0.15) is 5.56 Å². The van der Waals surface area contributed by atoms with E-state index >= 15 is 0 Å². The lowest BCUT2D eigenvalue weighted by Crippen LogP contribution is -2.40. The van der Waals surface area contributed by atoms with Crippen molar-refractivity contribution in [3.63, 3.8) is 0 Å². The van der Waals surface area contributed by atoms with Crippen LogP contribution >= 0.6 is 0 Å². The Labute approximate surface area is 117 Å². The van der Waals surface area contributed by atoms with Crippen molar-refractivity contribution in [3.05, 3.63) is 54.1 Å². The first-order valence-electron chi connectivity index (χ1n) is 6.55. The molecule has 0 saturated heterocycles. The van der Waals surface area contributed by atoms with Crippen LogP contribution in [0.25, 0.3) is 0 Å². The molecule has 2 aromatic carbocycles. The molecule has 4 nitrogen and oxygen atoms in total. The summed E-state index contributed by atoms with van der Waals surface area (Å²) in [5.41, 5.74) is 2.90. The minimum Gasteiger partial charge on any atom is -0.497 e. The van der Waals surface area contributed by atoms with Gasteiger partial charge >= 0.3 is 0 Å². The third-order valence-corrected chi connectivity index (χ3v) is 3.43. The lowest BCUT2D eigenvalue weighted by molar-refractivity contribution is -0.117. The number of hydrogen-bond donors (Lipinski definition) is 2. The Bertz CT molecular complexity index is 623. The molecule has 1 atom stereocenters. The van der Waals surface area contributed by atoms with E-state index in [0.717, 1.165) is 22.7 Å². The van der Waals surface area contributed by atoms with Crippen molar-refractivity contribution in [2.75, 3.05) is 17.7 Å². The number of para-hydroxylation sites is 2. The largest absolute Gasteiger partial charge is 0.497 e. The summed E-state index contributed by atoms with van der Waals surface area (Å²) in [5.74, 6) is 0.819. The second kappa shape index (κ2) is 5.25. The van der Waals surface area contributed by atoms with E-state index in [0.29, 0.717) is 6.42 Å². The van der Waals surface area contributed by atoms with E-state index in [1.54, 1.807) is 7.11 Å². The van der Waals surface area contributed by atoms with Gasteiger partial charge in [-0.25, -0.2) is 0 Å². The van der Waals surface area contributed by atoms with Crippen LogP contribution in [0.15, 0.2) is 48.5 Å². The molecule has 2 aromatic rings. The second-order valence-corrected chi connectivity index (χ2v) is 4.78. The molecule has 1 aliphatic rings. The van der Waals surface area contributed by atoms with E-state index < -0.39 is 0 Å². The van der Waals surface area contributed by atoms with Crippen LogP contribution in [0.4, 0.5) is 11.4 Å². The van der Waals surface area contributed by atoms with Crippen molar-refractivity contribution < 1.29 is 9.53 Å². The number of hydrogen-bond acceptors (Lipinski definition) is 3. The number of carbonyl (C=O) groups is 1. The van der Waals surface area contributed by atoms with Crippen LogP contribution in [0, 0.1) is 0 Å². The highest BCUT2D eigenvalue weighted by Gasteiger charge is 2.25. The van der Waals surface area contributed by atoms with Crippen molar-refractivity contribution in [2.45, 2.75) is 12.5 Å². The van der Waals surface area contributed by atoms with Gasteiger partial charge in [-0.15, -0.1) is 0 Å². The summed E-state index contributed by atoms with van der Waals surface area (Å²) < 4.78 is 5.13. The van der Waals surface area contributed by atoms with Crippen molar-refractivity contribution in [1.82, 2.24) is 0 Å². The number of anilines is 2. The van der Waals surface area contributed by atoms with Gasteiger partial charge in [0.2, 0.25) is 5.91 Å². The molecule has 0 aromatic heterocycles. The fourth-order valence-electron chi connectivity index (χ4n) is 2.33. The molecule has 3 rings (SSSR count). The Morgan fingerprint density at radius 2 is 1.75 bits per heavy atom. The molecule has 0 fully saturated rings. The average molecular weight is 268 g/mol. The van der Waals surface area contributed by atoms with Gasteiger partial charge in [-0.05, 0) is 29.8 Å². The molecule has 1 heterocycles. The van der Waals surface area contributed by atoms with Gasteiger partial charge in [-0.2, -0.15) is 0 Å². The molecule has 1 unspecified atom stereocenters. The molecule has 0 aliphatic carbocycles. The molecular formula is C16H16N2O2. The number of amides is 1. The summed E-state index contributed by atoms with van der Waals surface area (Å²) in [6, 6.07) is 15.2. The van der Waals surface area contributed by atoms with E-state index in [-0.39, 0.29) is 11.9 Å². The molecule has 0 bridgehead atoms. The molecule has 0 spiro atoms. The number of rotatable bonds is 3. The summed E-state index contributed by atoms with van der Waals surface area (Å²) in [7, 11) is 1.64. The Hall–Kier alpha value is -2.49. The highest BCUT2D eigenvalue weighted by Crippen LogP contribution is 2.27. The van der Waals surface area contributed by atoms with E-state index in [1.807, 2.05) is 48.5 Å². The molecule has 0 saturated carbocycles. The van der Waals surface area contributed by atoms with Crippen molar-refractivity contribution in [2.24, 2.45) is 0 Å². The summed E-state index contributed by atoms with van der Waals surface area (Å²) in [6.45, 7) is 0. The molecule has 1 aliphatic heterocycles. The normalized spacial score (nSPS) is 16.9. The average Bonchev–Trinajstić information content (AvgIpc) is 2.49. The standard InChI is InChI=1S/C16H16N2O2/c1-20-12-8-6-11(7-9-12)10-15-16(19)18-14-5-3-2-4-13(14)17-15/h2-9,15,17H,10H2,1H3,(H,18,19). The number of benzene rings is 2. The Morgan fingerprint density at radius 3 is 2.45 bits per heavy atom. The third kappa shape index (κ3) is 2.45. The topological polar surface area (TPSA) is 50.4 Å². The van der Waals surface area contributed by atoms with Gasteiger partial charge in [-0.1, -0.05) is 24.3 Å². The van der Waals surface area contributed by atoms with Crippen LogP contribution in [0.2, 0.25) is 0 Å². The maximum atomic E-state index is 12.1. The second-order valence-electron chi connectivity index (χ2n) is 4.78. The third-order valence-electron chi connectivity index (χ3n) is 3.43.